The van der Waals surface area contributed by atoms with Crippen molar-refractivity contribution in [1.29, 1.82) is 0 Å². The molecule has 1 amide bonds. The summed E-state index contributed by atoms with van der Waals surface area (Å²) in [5.41, 5.74) is 0. The Bertz CT molecular complexity index is 173. The zero-order chi connectivity index (χ0) is 8.39. The molecule has 1 atom stereocenters. The quantitative estimate of drug-likeness (QED) is 0.634. The molecular weight excluding hydrogens is 150 g/mol. The molecule has 1 heterocycles. The fourth-order valence-corrected chi connectivity index (χ4v) is 2.53. The Balaban J connectivity index is 1.86. The van der Waals surface area contributed by atoms with E-state index in [1.165, 1.54) is 32.1 Å². The van der Waals surface area contributed by atoms with E-state index >= 15 is 0 Å². The van der Waals surface area contributed by atoms with Gasteiger partial charge in [0.15, 0.2) is 0 Å². The molecule has 1 N–H and O–H groups in total. The molecule has 0 spiro atoms. The summed E-state index contributed by atoms with van der Waals surface area (Å²) in [6.45, 7) is 0. The van der Waals surface area contributed by atoms with Crippen molar-refractivity contribution in [2.75, 3.05) is 0 Å². The minimum absolute atomic E-state index is 0.269. The van der Waals surface area contributed by atoms with Crippen LogP contribution in [-0.4, -0.2) is 11.9 Å². The van der Waals surface area contributed by atoms with E-state index in [9.17, 15) is 4.79 Å². The van der Waals surface area contributed by atoms with E-state index in [1.54, 1.807) is 0 Å². The number of hydrogen-bond acceptors (Lipinski definition) is 1. The van der Waals surface area contributed by atoms with E-state index in [0.29, 0.717) is 6.04 Å². The summed E-state index contributed by atoms with van der Waals surface area (Å²) in [4.78, 5) is 11.0. The van der Waals surface area contributed by atoms with Crippen molar-refractivity contribution in [3.05, 3.63) is 0 Å². The first-order valence-electron chi connectivity index (χ1n) is 5.15. The van der Waals surface area contributed by atoms with Crippen LogP contribution >= 0.6 is 0 Å². The minimum atomic E-state index is 0.269. The number of carbonyl (C=O) groups excluding carboxylic acids is 1. The van der Waals surface area contributed by atoms with Crippen molar-refractivity contribution in [1.82, 2.24) is 5.32 Å². The Morgan fingerprint density at radius 3 is 2.42 bits per heavy atom. The monoisotopic (exact) mass is 167 g/mol. The summed E-state index contributed by atoms with van der Waals surface area (Å²) in [5.74, 6) is 1.07. The van der Waals surface area contributed by atoms with E-state index in [2.05, 4.69) is 5.32 Å². The van der Waals surface area contributed by atoms with Gasteiger partial charge in [-0.3, -0.25) is 4.79 Å². The Hall–Kier alpha value is -0.530. The van der Waals surface area contributed by atoms with Crippen molar-refractivity contribution in [2.24, 2.45) is 5.92 Å². The van der Waals surface area contributed by atoms with Gasteiger partial charge in [-0.05, 0) is 25.2 Å². The molecule has 2 nitrogen and oxygen atoms in total. The van der Waals surface area contributed by atoms with Gasteiger partial charge in [0, 0.05) is 12.5 Å². The second-order valence-electron chi connectivity index (χ2n) is 4.11. The Morgan fingerprint density at radius 1 is 1.08 bits per heavy atom. The Morgan fingerprint density at radius 2 is 1.83 bits per heavy atom. The molecule has 1 saturated heterocycles. The average Bonchev–Trinajstić information content (AvgIpc) is 2.54. The summed E-state index contributed by atoms with van der Waals surface area (Å²) in [7, 11) is 0. The highest BCUT2D eigenvalue weighted by Crippen LogP contribution is 2.29. The molecule has 1 aliphatic heterocycles. The van der Waals surface area contributed by atoms with Gasteiger partial charge in [-0.15, -0.1) is 0 Å². The molecule has 1 saturated carbocycles. The lowest BCUT2D eigenvalue weighted by molar-refractivity contribution is -0.119. The number of hydrogen-bond donors (Lipinski definition) is 1. The first-order valence-corrected chi connectivity index (χ1v) is 5.15. The number of rotatable bonds is 1. The summed E-state index contributed by atoms with van der Waals surface area (Å²) >= 11 is 0. The summed E-state index contributed by atoms with van der Waals surface area (Å²) in [6.07, 6.45) is 8.67. The maximum Gasteiger partial charge on any atom is 0.220 e. The van der Waals surface area contributed by atoms with Gasteiger partial charge >= 0.3 is 0 Å². The zero-order valence-electron chi connectivity index (χ0n) is 7.51. The standard InChI is InChI=1S/C10H17NO/c12-10-7-6-9(11-10)8-4-2-1-3-5-8/h8-9H,1-7H2,(H,11,12)/t9-/m1/s1. The number of nitrogens with one attached hydrogen (secondary N) is 1. The normalized spacial score (nSPS) is 32.0. The molecule has 2 rings (SSSR count). The van der Waals surface area contributed by atoms with Crippen molar-refractivity contribution < 1.29 is 4.79 Å². The lowest BCUT2D eigenvalue weighted by atomic mass is 9.83. The van der Waals surface area contributed by atoms with Crippen LogP contribution in [0.2, 0.25) is 0 Å². The average molecular weight is 167 g/mol. The van der Waals surface area contributed by atoms with Crippen LogP contribution in [0.5, 0.6) is 0 Å². The van der Waals surface area contributed by atoms with Crippen molar-refractivity contribution in [3.8, 4) is 0 Å². The van der Waals surface area contributed by atoms with Crippen LogP contribution in [0.3, 0.4) is 0 Å². The third-order valence-corrected chi connectivity index (χ3v) is 3.25. The van der Waals surface area contributed by atoms with Crippen LogP contribution in [0.1, 0.15) is 44.9 Å². The van der Waals surface area contributed by atoms with Crippen LogP contribution in [0.25, 0.3) is 0 Å². The predicted octanol–water partition coefficient (Wildman–Crippen LogP) is 1.85. The number of carbonyl (C=O) groups is 1. The second-order valence-corrected chi connectivity index (χ2v) is 4.11. The maximum absolute atomic E-state index is 11.0. The topological polar surface area (TPSA) is 29.1 Å². The largest absolute Gasteiger partial charge is 0.353 e. The molecule has 2 heteroatoms. The van der Waals surface area contributed by atoms with Crippen LogP contribution in [0.15, 0.2) is 0 Å². The van der Waals surface area contributed by atoms with Gasteiger partial charge in [-0.2, -0.15) is 0 Å². The Labute approximate surface area is 73.7 Å². The van der Waals surface area contributed by atoms with Gasteiger partial charge in [0.1, 0.15) is 0 Å². The van der Waals surface area contributed by atoms with Gasteiger partial charge in [0.25, 0.3) is 0 Å². The van der Waals surface area contributed by atoms with Crippen molar-refractivity contribution >= 4 is 5.91 Å². The SMILES string of the molecule is O=C1CC[C@H](C2CCCCC2)N1. The fourth-order valence-electron chi connectivity index (χ4n) is 2.53. The third-order valence-electron chi connectivity index (χ3n) is 3.25. The smallest absolute Gasteiger partial charge is 0.220 e. The molecule has 2 aliphatic rings. The summed E-state index contributed by atoms with van der Waals surface area (Å²) in [6, 6.07) is 0.526. The highest BCUT2D eigenvalue weighted by Gasteiger charge is 2.29. The van der Waals surface area contributed by atoms with Crippen LogP contribution in [-0.2, 0) is 4.79 Å². The van der Waals surface area contributed by atoms with Crippen LogP contribution < -0.4 is 5.32 Å². The molecule has 0 aromatic carbocycles. The fraction of sp³-hybridized carbons (Fsp3) is 0.900. The van der Waals surface area contributed by atoms with Gasteiger partial charge in [-0.1, -0.05) is 19.3 Å². The molecule has 2 fully saturated rings. The second kappa shape index (κ2) is 3.46. The van der Waals surface area contributed by atoms with Gasteiger partial charge in [0.2, 0.25) is 5.91 Å². The van der Waals surface area contributed by atoms with E-state index in [0.717, 1.165) is 18.8 Å². The van der Waals surface area contributed by atoms with E-state index in [4.69, 9.17) is 0 Å². The maximum atomic E-state index is 11.0. The molecule has 0 aromatic rings. The van der Waals surface area contributed by atoms with Crippen molar-refractivity contribution in [3.63, 3.8) is 0 Å². The predicted molar refractivity (Wildman–Crippen MR) is 47.7 cm³/mol. The highest BCUT2D eigenvalue weighted by molar-refractivity contribution is 5.78. The first-order chi connectivity index (χ1) is 5.86. The molecule has 12 heavy (non-hydrogen) atoms. The molecule has 0 bridgehead atoms. The molecular formula is C10H17NO. The van der Waals surface area contributed by atoms with Crippen LogP contribution in [0.4, 0.5) is 0 Å². The van der Waals surface area contributed by atoms with Crippen LogP contribution in [0, 0.1) is 5.92 Å². The molecule has 0 unspecified atom stereocenters. The molecule has 1 aliphatic carbocycles. The van der Waals surface area contributed by atoms with Gasteiger partial charge < -0.3 is 5.32 Å². The highest BCUT2D eigenvalue weighted by atomic mass is 16.1. The number of amides is 1. The molecule has 0 aromatic heterocycles. The zero-order valence-corrected chi connectivity index (χ0v) is 7.51. The first kappa shape index (κ1) is 8.09. The molecule has 68 valence electrons. The molecule has 0 radical (unpaired) electrons. The summed E-state index contributed by atoms with van der Waals surface area (Å²) in [5, 5.41) is 3.08. The van der Waals surface area contributed by atoms with E-state index < -0.39 is 0 Å². The minimum Gasteiger partial charge on any atom is -0.353 e. The van der Waals surface area contributed by atoms with Crippen molar-refractivity contribution in [2.45, 2.75) is 51.0 Å². The van der Waals surface area contributed by atoms with E-state index in [1.807, 2.05) is 0 Å². The van der Waals surface area contributed by atoms with Gasteiger partial charge in [0.05, 0.1) is 0 Å². The lowest BCUT2D eigenvalue weighted by Crippen LogP contribution is -2.33. The third kappa shape index (κ3) is 1.62. The lowest BCUT2D eigenvalue weighted by Gasteiger charge is -2.26. The van der Waals surface area contributed by atoms with E-state index in [-0.39, 0.29) is 5.91 Å². The summed E-state index contributed by atoms with van der Waals surface area (Å²) < 4.78 is 0. The Kier molecular flexibility index (Phi) is 2.33. The van der Waals surface area contributed by atoms with Gasteiger partial charge in [-0.25, -0.2) is 0 Å².